The lowest BCUT2D eigenvalue weighted by atomic mass is 10.1. The third-order valence-corrected chi connectivity index (χ3v) is 4.54. The second-order valence-corrected chi connectivity index (χ2v) is 6.79. The Morgan fingerprint density at radius 3 is 2.59 bits per heavy atom. The number of carbonyl (C=O) groups excluding carboxylic acids is 3. The Hall–Kier alpha value is -3.62. The van der Waals surface area contributed by atoms with Crippen LogP contribution in [0.3, 0.4) is 0 Å². The van der Waals surface area contributed by atoms with Crippen LogP contribution in [0.5, 0.6) is 0 Å². The first-order valence-corrected chi connectivity index (χ1v) is 9.09. The molecule has 0 spiro atoms. The summed E-state index contributed by atoms with van der Waals surface area (Å²) in [5.41, 5.74) is 1.24. The smallest absolute Gasteiger partial charge is 0.322 e. The fourth-order valence-corrected chi connectivity index (χ4v) is 3.06. The number of carboxylic acid groups (broad SMARTS) is 1. The van der Waals surface area contributed by atoms with E-state index in [0.29, 0.717) is 30.1 Å². The number of aliphatic carboxylic acids is 1. The summed E-state index contributed by atoms with van der Waals surface area (Å²) in [4.78, 5) is 48.3. The molecular formula is C20H21N3O6. The molecule has 9 nitrogen and oxygen atoms in total. The fourth-order valence-electron chi connectivity index (χ4n) is 3.06. The highest BCUT2D eigenvalue weighted by atomic mass is 16.4. The molecule has 29 heavy (non-hydrogen) atoms. The minimum Gasteiger partial charge on any atom is -0.480 e. The quantitative estimate of drug-likeness (QED) is 0.608. The number of carbonyl (C=O) groups is 4. The van der Waals surface area contributed by atoms with Gasteiger partial charge >= 0.3 is 5.97 Å². The van der Waals surface area contributed by atoms with Crippen molar-refractivity contribution in [2.45, 2.75) is 19.4 Å². The van der Waals surface area contributed by atoms with Crippen LogP contribution in [0.1, 0.15) is 17.7 Å². The Balaban J connectivity index is 1.49. The fraction of sp³-hybridized carbons (Fsp3) is 0.300. The molecule has 0 aliphatic carbocycles. The summed E-state index contributed by atoms with van der Waals surface area (Å²) in [6.07, 6.45) is 1.73. The highest BCUT2D eigenvalue weighted by molar-refractivity contribution is 5.97. The minimum absolute atomic E-state index is 0.0420. The van der Waals surface area contributed by atoms with Crippen molar-refractivity contribution in [1.82, 2.24) is 10.2 Å². The summed E-state index contributed by atoms with van der Waals surface area (Å²) < 4.78 is 5.25. The molecule has 2 aromatic rings. The number of hydrogen-bond acceptors (Lipinski definition) is 5. The van der Waals surface area contributed by atoms with Gasteiger partial charge in [-0.25, -0.2) is 0 Å². The van der Waals surface area contributed by atoms with Crippen LogP contribution in [-0.2, 0) is 32.1 Å². The van der Waals surface area contributed by atoms with Crippen molar-refractivity contribution in [1.29, 1.82) is 0 Å². The predicted molar refractivity (Wildman–Crippen MR) is 102 cm³/mol. The number of rotatable bonds is 8. The first kappa shape index (κ1) is 20.1. The van der Waals surface area contributed by atoms with Gasteiger partial charge < -0.3 is 25.1 Å². The summed E-state index contributed by atoms with van der Waals surface area (Å²) in [7, 11) is 0. The number of furan rings is 1. The van der Waals surface area contributed by atoms with E-state index in [1.54, 1.807) is 47.6 Å². The monoisotopic (exact) mass is 399 g/mol. The molecule has 1 aromatic carbocycles. The van der Waals surface area contributed by atoms with Gasteiger partial charge in [0.2, 0.25) is 17.7 Å². The van der Waals surface area contributed by atoms with Crippen LogP contribution in [0.25, 0.3) is 0 Å². The van der Waals surface area contributed by atoms with Gasteiger partial charge in [-0.3, -0.25) is 19.2 Å². The van der Waals surface area contributed by atoms with Crippen LogP contribution >= 0.6 is 0 Å². The third kappa shape index (κ3) is 5.68. The Kier molecular flexibility index (Phi) is 6.28. The van der Waals surface area contributed by atoms with Gasteiger partial charge in [-0.2, -0.15) is 0 Å². The van der Waals surface area contributed by atoms with E-state index in [2.05, 4.69) is 10.6 Å². The van der Waals surface area contributed by atoms with Crippen molar-refractivity contribution in [3.8, 4) is 0 Å². The molecule has 3 N–H and O–H groups in total. The van der Waals surface area contributed by atoms with Gasteiger partial charge in [0.1, 0.15) is 12.3 Å². The minimum atomic E-state index is -1.11. The highest BCUT2D eigenvalue weighted by Gasteiger charge is 2.34. The van der Waals surface area contributed by atoms with Crippen molar-refractivity contribution in [2.75, 3.05) is 18.4 Å². The molecule has 1 fully saturated rings. The number of hydrogen-bond donors (Lipinski definition) is 3. The van der Waals surface area contributed by atoms with E-state index in [-0.39, 0.29) is 24.7 Å². The zero-order valence-corrected chi connectivity index (χ0v) is 15.6. The van der Waals surface area contributed by atoms with Crippen LogP contribution < -0.4 is 10.6 Å². The Bertz CT molecular complexity index is 891. The topological polar surface area (TPSA) is 129 Å². The van der Waals surface area contributed by atoms with E-state index in [9.17, 15) is 19.2 Å². The summed E-state index contributed by atoms with van der Waals surface area (Å²) in [6, 6.07) is 10.2. The van der Waals surface area contributed by atoms with Crippen LogP contribution in [-0.4, -0.2) is 46.8 Å². The highest BCUT2D eigenvalue weighted by Crippen LogP contribution is 2.22. The average molecular weight is 399 g/mol. The van der Waals surface area contributed by atoms with Crippen LogP contribution in [0.4, 0.5) is 5.69 Å². The predicted octanol–water partition coefficient (Wildman–Crippen LogP) is 1.01. The Morgan fingerprint density at radius 1 is 1.17 bits per heavy atom. The second kappa shape index (κ2) is 9.05. The molecule has 1 aromatic heterocycles. The maximum Gasteiger partial charge on any atom is 0.322 e. The molecule has 1 saturated heterocycles. The molecule has 0 saturated carbocycles. The molecule has 2 heterocycles. The van der Waals surface area contributed by atoms with E-state index in [4.69, 9.17) is 9.52 Å². The molecule has 3 rings (SSSR count). The summed E-state index contributed by atoms with van der Waals surface area (Å²) >= 11 is 0. The van der Waals surface area contributed by atoms with E-state index >= 15 is 0 Å². The van der Waals surface area contributed by atoms with Crippen LogP contribution in [0.15, 0.2) is 47.1 Å². The molecule has 0 bridgehead atoms. The molecule has 3 amide bonds. The van der Waals surface area contributed by atoms with Crippen molar-refractivity contribution in [2.24, 2.45) is 5.92 Å². The summed E-state index contributed by atoms with van der Waals surface area (Å²) in [6.45, 7) is 0.242. The number of anilines is 1. The number of likely N-dealkylation sites (tertiary alicyclic amines) is 1. The van der Waals surface area contributed by atoms with Crippen molar-refractivity contribution >= 4 is 29.4 Å². The van der Waals surface area contributed by atoms with E-state index in [0.717, 1.165) is 0 Å². The molecule has 0 radical (unpaired) electrons. The molecule has 1 unspecified atom stereocenters. The Labute approximate surface area is 166 Å². The van der Waals surface area contributed by atoms with E-state index in [1.807, 2.05) is 0 Å². The van der Waals surface area contributed by atoms with Gasteiger partial charge in [-0.15, -0.1) is 0 Å². The molecule has 152 valence electrons. The third-order valence-electron chi connectivity index (χ3n) is 4.54. The van der Waals surface area contributed by atoms with Crippen LogP contribution in [0, 0.1) is 5.92 Å². The lowest BCUT2D eigenvalue weighted by molar-refractivity contribution is -0.137. The first-order chi connectivity index (χ1) is 13.9. The number of benzene rings is 1. The van der Waals surface area contributed by atoms with Crippen molar-refractivity contribution < 1.29 is 28.7 Å². The van der Waals surface area contributed by atoms with E-state index in [1.165, 1.54) is 0 Å². The van der Waals surface area contributed by atoms with Gasteiger partial charge in [0.05, 0.1) is 25.1 Å². The number of amides is 3. The molecule has 1 atom stereocenters. The Morgan fingerprint density at radius 2 is 1.93 bits per heavy atom. The van der Waals surface area contributed by atoms with Crippen LogP contribution in [0.2, 0.25) is 0 Å². The molecular weight excluding hydrogens is 378 g/mol. The number of nitrogens with one attached hydrogen (secondary N) is 2. The van der Waals surface area contributed by atoms with Gasteiger partial charge in [-0.05, 0) is 29.8 Å². The standard InChI is InChI=1S/C20H21N3O6/c24-17(21-10-19(26)27)8-13-3-5-15(6-4-13)22-20(28)14-9-18(25)23(11-14)12-16-2-1-7-29-16/h1-7,14H,8-12H2,(H,21,24)(H,22,28)(H,26,27). The summed E-state index contributed by atoms with van der Waals surface area (Å²) in [5, 5.41) is 13.6. The number of nitrogens with zero attached hydrogens (tertiary/aromatic N) is 1. The van der Waals surface area contributed by atoms with Gasteiger partial charge in [0.25, 0.3) is 0 Å². The average Bonchev–Trinajstić information content (AvgIpc) is 3.32. The SMILES string of the molecule is O=C(O)CNC(=O)Cc1ccc(NC(=O)C2CC(=O)N(Cc3ccco3)C2)cc1. The van der Waals surface area contributed by atoms with Gasteiger partial charge in [-0.1, -0.05) is 12.1 Å². The largest absolute Gasteiger partial charge is 0.480 e. The second-order valence-electron chi connectivity index (χ2n) is 6.79. The molecule has 1 aliphatic rings. The first-order valence-electron chi connectivity index (χ1n) is 9.09. The van der Waals surface area contributed by atoms with E-state index < -0.39 is 24.3 Å². The molecule has 1 aliphatic heterocycles. The normalized spacial score (nSPS) is 15.9. The maximum atomic E-state index is 12.5. The van der Waals surface area contributed by atoms with Gasteiger partial charge in [0, 0.05) is 18.7 Å². The van der Waals surface area contributed by atoms with Crippen molar-refractivity contribution in [3.05, 3.63) is 54.0 Å². The zero-order chi connectivity index (χ0) is 20.8. The number of carboxylic acids is 1. The lowest BCUT2D eigenvalue weighted by Gasteiger charge is -2.15. The van der Waals surface area contributed by atoms with Gasteiger partial charge in [0.15, 0.2) is 0 Å². The van der Waals surface area contributed by atoms with Crippen molar-refractivity contribution in [3.63, 3.8) is 0 Å². The lowest BCUT2D eigenvalue weighted by Crippen LogP contribution is -2.30. The zero-order valence-electron chi connectivity index (χ0n) is 15.6. The molecule has 9 heteroatoms. The summed E-state index contributed by atoms with van der Waals surface area (Å²) in [5.74, 6) is -1.62. The maximum absolute atomic E-state index is 12.5.